The largest absolute Gasteiger partial charge is 0.469 e. The standard InChI is InChI=1S/C22H25N3O3/c26-20(23-10-9-16-4-3-11-28-16)18-12-15-8-7-14(18)13-22(15)24-19-6-2-1-5-17(19)21(27)25-22/h1-6,11,14-15,18,24H,7-10,12-13H2,(H,23,26)(H,25,27)/t14?,15?,18?,22-/m1/s1. The number of carbonyl (C=O) groups is 2. The maximum absolute atomic E-state index is 12.8. The average Bonchev–Trinajstić information content (AvgIpc) is 3.22. The molecule has 3 unspecified atom stereocenters. The number of amides is 2. The number of hydrogen-bond acceptors (Lipinski definition) is 4. The Morgan fingerprint density at radius 1 is 1.18 bits per heavy atom. The summed E-state index contributed by atoms with van der Waals surface area (Å²) in [6.07, 6.45) is 6.05. The fourth-order valence-corrected chi connectivity index (χ4v) is 5.36. The highest BCUT2D eigenvalue weighted by atomic mass is 16.3. The van der Waals surface area contributed by atoms with E-state index in [-0.39, 0.29) is 29.6 Å². The van der Waals surface area contributed by atoms with E-state index >= 15 is 0 Å². The second-order valence-corrected chi connectivity index (χ2v) is 8.30. The number of fused-ring (bicyclic) bond motifs is 3. The normalized spacial score (nSPS) is 30.4. The number of hydrogen-bond donors (Lipinski definition) is 3. The molecule has 1 aromatic carbocycles. The maximum Gasteiger partial charge on any atom is 0.255 e. The molecule has 2 aromatic rings. The van der Waals surface area contributed by atoms with Crippen molar-refractivity contribution in [2.45, 2.75) is 37.8 Å². The van der Waals surface area contributed by atoms with Crippen LogP contribution < -0.4 is 16.0 Å². The Hall–Kier alpha value is -2.76. The van der Waals surface area contributed by atoms with Gasteiger partial charge in [-0.2, -0.15) is 0 Å². The Bertz CT molecular complexity index is 894. The smallest absolute Gasteiger partial charge is 0.255 e. The number of para-hydroxylation sites is 1. The zero-order chi connectivity index (χ0) is 19.1. The molecule has 6 rings (SSSR count). The Labute approximate surface area is 164 Å². The van der Waals surface area contributed by atoms with Gasteiger partial charge in [0.25, 0.3) is 5.91 Å². The van der Waals surface area contributed by atoms with Crippen LogP contribution in [0, 0.1) is 17.8 Å². The molecule has 6 nitrogen and oxygen atoms in total. The molecule has 2 amide bonds. The SMILES string of the molecule is O=C1N[C@@]2(CC3CCC2CC3C(=O)NCCc2ccco2)Nc2ccccc21. The molecule has 3 saturated carbocycles. The van der Waals surface area contributed by atoms with Gasteiger partial charge in [-0.25, -0.2) is 0 Å². The van der Waals surface area contributed by atoms with Crippen molar-refractivity contribution in [1.82, 2.24) is 10.6 Å². The molecule has 4 atom stereocenters. The highest BCUT2D eigenvalue weighted by molar-refractivity contribution is 6.02. The van der Waals surface area contributed by atoms with Crippen molar-refractivity contribution in [1.29, 1.82) is 0 Å². The lowest BCUT2D eigenvalue weighted by Crippen LogP contribution is -2.68. The second kappa shape index (κ2) is 6.69. The summed E-state index contributed by atoms with van der Waals surface area (Å²) < 4.78 is 5.32. The van der Waals surface area contributed by atoms with Crippen LogP contribution in [0.25, 0.3) is 0 Å². The molecular weight excluding hydrogens is 354 g/mol. The summed E-state index contributed by atoms with van der Waals surface area (Å²) >= 11 is 0. The number of rotatable bonds is 4. The van der Waals surface area contributed by atoms with E-state index in [2.05, 4.69) is 16.0 Å². The van der Waals surface area contributed by atoms with Crippen LogP contribution in [-0.4, -0.2) is 24.0 Å². The van der Waals surface area contributed by atoms with Gasteiger partial charge in [0.2, 0.25) is 5.91 Å². The molecule has 6 heteroatoms. The Kier molecular flexibility index (Phi) is 4.14. The highest BCUT2D eigenvalue weighted by Gasteiger charge is 2.55. The first-order valence-corrected chi connectivity index (χ1v) is 10.1. The molecule has 3 fully saturated rings. The Morgan fingerprint density at radius 2 is 2.07 bits per heavy atom. The zero-order valence-corrected chi connectivity index (χ0v) is 15.7. The fraction of sp³-hybridized carbons (Fsp3) is 0.455. The minimum Gasteiger partial charge on any atom is -0.469 e. The summed E-state index contributed by atoms with van der Waals surface area (Å²) in [5.41, 5.74) is 1.18. The van der Waals surface area contributed by atoms with Crippen molar-refractivity contribution in [2.24, 2.45) is 17.8 Å². The minimum atomic E-state index is -0.417. The van der Waals surface area contributed by atoms with E-state index in [4.69, 9.17) is 4.42 Å². The third-order valence-electron chi connectivity index (χ3n) is 6.73. The number of benzene rings is 1. The third kappa shape index (κ3) is 2.87. The van der Waals surface area contributed by atoms with Gasteiger partial charge in [0.15, 0.2) is 0 Å². The van der Waals surface area contributed by atoms with Crippen LogP contribution in [0.4, 0.5) is 5.69 Å². The number of carbonyl (C=O) groups excluding carboxylic acids is 2. The van der Waals surface area contributed by atoms with Crippen molar-refractivity contribution in [3.05, 3.63) is 54.0 Å². The summed E-state index contributed by atoms with van der Waals surface area (Å²) in [6, 6.07) is 11.4. The summed E-state index contributed by atoms with van der Waals surface area (Å²) in [5, 5.41) is 9.95. The zero-order valence-electron chi connectivity index (χ0n) is 15.7. The molecule has 2 bridgehead atoms. The van der Waals surface area contributed by atoms with Crippen molar-refractivity contribution in [3.8, 4) is 0 Å². The highest BCUT2D eigenvalue weighted by Crippen LogP contribution is 2.51. The van der Waals surface area contributed by atoms with Crippen molar-refractivity contribution >= 4 is 17.5 Å². The molecule has 2 heterocycles. The van der Waals surface area contributed by atoms with Crippen molar-refractivity contribution < 1.29 is 14.0 Å². The van der Waals surface area contributed by atoms with E-state index < -0.39 is 5.66 Å². The molecule has 4 aliphatic rings. The van der Waals surface area contributed by atoms with E-state index in [1.165, 1.54) is 0 Å². The number of nitrogens with one attached hydrogen (secondary N) is 3. The van der Waals surface area contributed by atoms with Crippen molar-refractivity contribution in [3.63, 3.8) is 0 Å². The monoisotopic (exact) mass is 379 g/mol. The van der Waals surface area contributed by atoms with Gasteiger partial charge in [0.05, 0.1) is 11.8 Å². The lowest BCUT2D eigenvalue weighted by Gasteiger charge is -2.56. The van der Waals surface area contributed by atoms with Crippen LogP contribution in [0.15, 0.2) is 47.1 Å². The molecule has 0 radical (unpaired) electrons. The van der Waals surface area contributed by atoms with Gasteiger partial charge < -0.3 is 20.4 Å². The van der Waals surface area contributed by atoms with Gasteiger partial charge in [-0.15, -0.1) is 0 Å². The van der Waals surface area contributed by atoms with Gasteiger partial charge in [-0.1, -0.05) is 12.1 Å². The quantitative estimate of drug-likeness (QED) is 0.763. The van der Waals surface area contributed by atoms with E-state index in [1.54, 1.807) is 6.26 Å². The molecule has 146 valence electrons. The maximum atomic E-state index is 12.8. The molecular formula is C22H25N3O3. The first-order valence-electron chi connectivity index (χ1n) is 10.1. The molecule has 1 aromatic heterocycles. The first kappa shape index (κ1) is 17.3. The van der Waals surface area contributed by atoms with Gasteiger partial charge >= 0.3 is 0 Å². The van der Waals surface area contributed by atoms with E-state index in [0.717, 1.165) is 37.1 Å². The summed E-state index contributed by atoms with van der Waals surface area (Å²) in [6.45, 7) is 0.591. The van der Waals surface area contributed by atoms with E-state index in [1.807, 2.05) is 36.4 Å². The molecule has 3 N–H and O–H groups in total. The van der Waals surface area contributed by atoms with Crippen LogP contribution in [0.1, 0.15) is 41.8 Å². The van der Waals surface area contributed by atoms with E-state index in [0.29, 0.717) is 18.5 Å². The van der Waals surface area contributed by atoms with Gasteiger partial charge in [-0.3, -0.25) is 9.59 Å². The molecule has 0 saturated heterocycles. The average molecular weight is 379 g/mol. The van der Waals surface area contributed by atoms with E-state index in [9.17, 15) is 9.59 Å². The third-order valence-corrected chi connectivity index (χ3v) is 6.73. The predicted octanol–water partition coefficient (Wildman–Crippen LogP) is 2.93. The molecule has 28 heavy (non-hydrogen) atoms. The number of anilines is 1. The van der Waals surface area contributed by atoms with Crippen molar-refractivity contribution in [2.75, 3.05) is 11.9 Å². The minimum absolute atomic E-state index is 0.0126. The van der Waals surface area contributed by atoms with Crippen LogP contribution in [0.5, 0.6) is 0 Å². The van der Waals surface area contributed by atoms with Crippen LogP contribution >= 0.6 is 0 Å². The topological polar surface area (TPSA) is 83.4 Å². The van der Waals surface area contributed by atoms with Crippen LogP contribution in [0.2, 0.25) is 0 Å². The van der Waals surface area contributed by atoms with Gasteiger partial charge in [0, 0.05) is 30.5 Å². The number of furan rings is 1. The summed E-state index contributed by atoms with van der Waals surface area (Å²) in [7, 11) is 0. The van der Waals surface area contributed by atoms with Crippen LogP contribution in [-0.2, 0) is 11.2 Å². The molecule has 1 spiro atoms. The summed E-state index contributed by atoms with van der Waals surface area (Å²) in [5.74, 6) is 1.58. The second-order valence-electron chi connectivity index (χ2n) is 8.30. The fourth-order valence-electron chi connectivity index (χ4n) is 5.36. The molecule has 3 aliphatic carbocycles. The van der Waals surface area contributed by atoms with Gasteiger partial charge in [-0.05, 0) is 55.9 Å². The lowest BCUT2D eigenvalue weighted by atomic mass is 9.58. The Morgan fingerprint density at radius 3 is 2.86 bits per heavy atom. The summed E-state index contributed by atoms with van der Waals surface area (Å²) in [4.78, 5) is 25.5. The Balaban J connectivity index is 1.26. The first-order chi connectivity index (χ1) is 13.6. The predicted molar refractivity (Wildman–Crippen MR) is 105 cm³/mol. The molecule has 1 aliphatic heterocycles. The lowest BCUT2D eigenvalue weighted by molar-refractivity contribution is -0.132. The van der Waals surface area contributed by atoms with Crippen LogP contribution in [0.3, 0.4) is 0 Å². The van der Waals surface area contributed by atoms with Gasteiger partial charge in [0.1, 0.15) is 11.4 Å².